The minimum absolute atomic E-state index is 0.263. The number of hydrogen-bond donors (Lipinski definition) is 2. The first-order chi connectivity index (χ1) is 14.0. The molecule has 1 amide bonds. The Morgan fingerprint density at radius 3 is 2.55 bits per heavy atom. The maximum absolute atomic E-state index is 11.9. The van der Waals surface area contributed by atoms with Crippen LogP contribution in [0.15, 0.2) is 6.20 Å². The number of amides is 1. The average Bonchev–Trinajstić information content (AvgIpc) is 3.38. The minimum Gasteiger partial charge on any atom is -0.390 e. The molecule has 156 valence electrons. The standard InChI is InChI=1S/C22H30N4O3/c23-20(27)17-10-24-21(25-18(17)13-1-2-13)26(16-3-4-29-11-16)19-14-5-12-6-15(19)9-22(28,7-12)8-14/h10,12-16,19,28H,1-9,11H2,(H2,23,27)/t12?,14?,15?,16-,19?,22?/m1/s1. The normalized spacial score (nSPS) is 40.4. The van der Waals surface area contributed by atoms with E-state index in [0.717, 1.165) is 56.8 Å². The van der Waals surface area contributed by atoms with E-state index in [2.05, 4.69) is 9.88 Å². The number of rotatable bonds is 5. The van der Waals surface area contributed by atoms with Crippen molar-refractivity contribution in [2.24, 2.45) is 23.5 Å². The molecule has 5 aliphatic carbocycles. The van der Waals surface area contributed by atoms with Gasteiger partial charge in [-0.3, -0.25) is 4.79 Å². The highest BCUT2D eigenvalue weighted by atomic mass is 16.5. The van der Waals surface area contributed by atoms with Gasteiger partial charge in [-0.2, -0.15) is 0 Å². The summed E-state index contributed by atoms with van der Waals surface area (Å²) in [5.74, 6) is 2.25. The van der Waals surface area contributed by atoms with E-state index in [4.69, 9.17) is 15.5 Å². The fraction of sp³-hybridized carbons (Fsp3) is 0.773. The smallest absolute Gasteiger partial charge is 0.252 e. The van der Waals surface area contributed by atoms with Crippen LogP contribution in [0.1, 0.15) is 73.3 Å². The number of hydrogen-bond acceptors (Lipinski definition) is 6. The van der Waals surface area contributed by atoms with Crippen molar-refractivity contribution >= 4 is 11.9 Å². The molecule has 7 nitrogen and oxygen atoms in total. The zero-order valence-corrected chi connectivity index (χ0v) is 16.8. The molecule has 2 unspecified atom stereocenters. The summed E-state index contributed by atoms with van der Waals surface area (Å²) in [5.41, 5.74) is 6.44. The predicted molar refractivity (Wildman–Crippen MR) is 107 cm³/mol. The van der Waals surface area contributed by atoms with Gasteiger partial charge in [-0.1, -0.05) is 0 Å². The largest absolute Gasteiger partial charge is 0.390 e. The molecular weight excluding hydrogens is 368 g/mol. The molecule has 7 heteroatoms. The van der Waals surface area contributed by atoms with Gasteiger partial charge in [-0.25, -0.2) is 9.97 Å². The number of carbonyl (C=O) groups is 1. The lowest BCUT2D eigenvalue weighted by atomic mass is 9.52. The lowest BCUT2D eigenvalue weighted by molar-refractivity contribution is -0.134. The van der Waals surface area contributed by atoms with E-state index in [1.165, 1.54) is 12.8 Å². The molecule has 4 bridgehead atoms. The van der Waals surface area contributed by atoms with Gasteiger partial charge in [0.15, 0.2) is 0 Å². The topological polar surface area (TPSA) is 102 Å². The summed E-state index contributed by atoms with van der Waals surface area (Å²) in [6.07, 6.45) is 9.90. The zero-order valence-electron chi connectivity index (χ0n) is 16.8. The molecule has 0 spiro atoms. The minimum atomic E-state index is -0.458. The molecule has 1 aliphatic heterocycles. The van der Waals surface area contributed by atoms with Gasteiger partial charge in [0.25, 0.3) is 5.91 Å². The molecule has 29 heavy (non-hydrogen) atoms. The van der Waals surface area contributed by atoms with Crippen molar-refractivity contribution in [2.75, 3.05) is 18.1 Å². The lowest BCUT2D eigenvalue weighted by Crippen LogP contribution is -2.64. The first-order valence-electron chi connectivity index (χ1n) is 11.3. The van der Waals surface area contributed by atoms with Gasteiger partial charge >= 0.3 is 0 Å². The summed E-state index contributed by atoms with van der Waals surface area (Å²) in [6, 6.07) is 0.614. The average molecular weight is 399 g/mol. The summed E-state index contributed by atoms with van der Waals surface area (Å²) in [4.78, 5) is 23.9. The first kappa shape index (κ1) is 18.1. The second-order valence-electron chi connectivity index (χ2n) is 10.2. The molecule has 3 N–H and O–H groups in total. The number of nitrogens with zero attached hydrogens (tertiary/aromatic N) is 3. The highest BCUT2D eigenvalue weighted by Crippen LogP contribution is 2.57. The van der Waals surface area contributed by atoms with E-state index in [1.807, 2.05) is 0 Å². The maximum Gasteiger partial charge on any atom is 0.252 e. The molecule has 2 heterocycles. The number of aliphatic hydroxyl groups is 1. The summed E-state index contributed by atoms with van der Waals surface area (Å²) in [6.45, 7) is 1.47. The van der Waals surface area contributed by atoms with E-state index in [9.17, 15) is 9.90 Å². The van der Waals surface area contributed by atoms with Gasteiger partial charge in [0.2, 0.25) is 5.95 Å². The Balaban J connectivity index is 1.40. The molecule has 0 aromatic carbocycles. The number of ether oxygens (including phenoxy) is 1. The van der Waals surface area contributed by atoms with E-state index >= 15 is 0 Å². The van der Waals surface area contributed by atoms with E-state index < -0.39 is 11.5 Å². The zero-order chi connectivity index (χ0) is 19.8. The molecule has 5 saturated carbocycles. The third kappa shape index (κ3) is 2.96. The monoisotopic (exact) mass is 398 g/mol. The van der Waals surface area contributed by atoms with Crippen molar-refractivity contribution in [3.8, 4) is 0 Å². The Morgan fingerprint density at radius 1 is 1.21 bits per heavy atom. The van der Waals surface area contributed by atoms with Crippen LogP contribution in [-0.2, 0) is 4.74 Å². The number of anilines is 1. The molecule has 1 aromatic rings. The van der Waals surface area contributed by atoms with Crippen LogP contribution in [0, 0.1) is 17.8 Å². The summed E-state index contributed by atoms with van der Waals surface area (Å²) in [7, 11) is 0. The maximum atomic E-state index is 11.9. The van der Waals surface area contributed by atoms with Crippen molar-refractivity contribution < 1.29 is 14.6 Å². The van der Waals surface area contributed by atoms with Gasteiger partial charge in [-0.15, -0.1) is 0 Å². The van der Waals surface area contributed by atoms with Gasteiger partial charge in [0, 0.05) is 24.8 Å². The van der Waals surface area contributed by atoms with Crippen LogP contribution >= 0.6 is 0 Å². The fourth-order valence-corrected chi connectivity index (χ4v) is 7.06. The Morgan fingerprint density at radius 2 is 1.97 bits per heavy atom. The van der Waals surface area contributed by atoms with Crippen LogP contribution < -0.4 is 10.6 Å². The first-order valence-corrected chi connectivity index (χ1v) is 11.3. The lowest BCUT2D eigenvalue weighted by Gasteiger charge is -2.60. The van der Waals surface area contributed by atoms with Crippen molar-refractivity contribution in [1.82, 2.24) is 9.97 Å². The summed E-state index contributed by atoms with van der Waals surface area (Å²) >= 11 is 0. The number of primary amides is 1. The van der Waals surface area contributed by atoms with E-state index in [0.29, 0.717) is 41.9 Å². The van der Waals surface area contributed by atoms with Crippen molar-refractivity contribution in [2.45, 2.75) is 75.0 Å². The Labute approximate surface area is 171 Å². The van der Waals surface area contributed by atoms with Crippen LogP contribution in [-0.4, -0.2) is 51.9 Å². The number of nitrogens with two attached hydrogens (primary N) is 1. The van der Waals surface area contributed by atoms with Gasteiger partial charge in [0.05, 0.1) is 29.5 Å². The molecule has 6 aliphatic rings. The molecule has 0 radical (unpaired) electrons. The van der Waals surface area contributed by atoms with E-state index in [1.54, 1.807) is 6.20 Å². The highest BCUT2D eigenvalue weighted by Gasteiger charge is 2.57. The highest BCUT2D eigenvalue weighted by molar-refractivity contribution is 5.94. The van der Waals surface area contributed by atoms with Crippen LogP contribution in [0.2, 0.25) is 0 Å². The number of aromatic nitrogens is 2. The van der Waals surface area contributed by atoms with Crippen LogP contribution in [0.4, 0.5) is 5.95 Å². The third-order valence-electron chi connectivity index (χ3n) is 8.08. The third-order valence-corrected chi connectivity index (χ3v) is 8.08. The van der Waals surface area contributed by atoms with Crippen molar-refractivity contribution in [3.05, 3.63) is 17.5 Å². The van der Waals surface area contributed by atoms with Gasteiger partial charge < -0.3 is 20.5 Å². The van der Waals surface area contributed by atoms with Gasteiger partial charge in [-0.05, 0) is 69.1 Å². The molecular formula is C22H30N4O3. The van der Waals surface area contributed by atoms with E-state index in [-0.39, 0.29) is 6.04 Å². The Hall–Kier alpha value is -1.73. The molecule has 3 atom stereocenters. The quantitative estimate of drug-likeness (QED) is 0.787. The molecule has 7 rings (SSSR count). The van der Waals surface area contributed by atoms with Crippen molar-refractivity contribution in [3.63, 3.8) is 0 Å². The molecule has 1 aromatic heterocycles. The molecule has 6 fully saturated rings. The van der Waals surface area contributed by atoms with Crippen LogP contribution in [0.5, 0.6) is 0 Å². The molecule has 1 saturated heterocycles. The van der Waals surface area contributed by atoms with Crippen molar-refractivity contribution in [1.29, 1.82) is 0 Å². The fourth-order valence-electron chi connectivity index (χ4n) is 7.06. The van der Waals surface area contributed by atoms with Crippen LogP contribution in [0.25, 0.3) is 0 Å². The van der Waals surface area contributed by atoms with Crippen LogP contribution in [0.3, 0.4) is 0 Å². The second kappa shape index (κ2) is 6.38. The predicted octanol–water partition coefficient (Wildman–Crippen LogP) is 1.99. The van der Waals surface area contributed by atoms with Gasteiger partial charge in [0.1, 0.15) is 0 Å². The summed E-state index contributed by atoms with van der Waals surface area (Å²) in [5, 5.41) is 11.0. The second-order valence-corrected chi connectivity index (χ2v) is 10.2. The Bertz CT molecular complexity index is 819. The number of carbonyl (C=O) groups excluding carboxylic acids is 1. The summed E-state index contributed by atoms with van der Waals surface area (Å²) < 4.78 is 5.75. The SMILES string of the molecule is NC(=O)c1cnc(N(C2C3CC4CC2CC(O)(C4)C3)[C@@H]2CCOC2)nc1C1CC1. The Kier molecular flexibility index (Phi) is 3.98.